The third-order valence-corrected chi connectivity index (χ3v) is 11.9. The Morgan fingerprint density at radius 2 is 1.67 bits per heavy atom. The van der Waals surface area contributed by atoms with Crippen molar-refractivity contribution in [3.63, 3.8) is 0 Å². The summed E-state index contributed by atoms with van der Waals surface area (Å²) < 4.78 is 20.6. The van der Waals surface area contributed by atoms with Crippen molar-refractivity contribution in [2.45, 2.75) is 121 Å². The summed E-state index contributed by atoms with van der Waals surface area (Å²) >= 11 is 5.88. The summed E-state index contributed by atoms with van der Waals surface area (Å²) in [7, 11) is 0. The number of esters is 1. The van der Waals surface area contributed by atoms with Gasteiger partial charge in [0.25, 0.3) is 0 Å². The van der Waals surface area contributed by atoms with Crippen LogP contribution in [0.15, 0.2) is 42.5 Å². The summed E-state index contributed by atoms with van der Waals surface area (Å²) in [6, 6.07) is 2.58. The first-order valence-corrected chi connectivity index (χ1v) is 20.9. The molecule has 4 fully saturated rings. The monoisotopic (exact) mass is 853 g/mol. The van der Waals surface area contributed by atoms with Crippen molar-refractivity contribution >= 4 is 58.8 Å². The topological polar surface area (TPSA) is 207 Å². The van der Waals surface area contributed by atoms with E-state index < -0.39 is 95.8 Å². The van der Waals surface area contributed by atoms with Crippen LogP contribution in [0.1, 0.15) is 70.4 Å². The molecule has 4 aliphatic rings. The lowest BCUT2D eigenvalue weighted by Gasteiger charge is -2.44. The largest absolute Gasteiger partial charge is 0.458 e. The van der Waals surface area contributed by atoms with E-state index in [-0.39, 0.29) is 61.9 Å². The number of benzene rings is 2. The number of fused-ring (bicyclic) bond motifs is 3. The fraction of sp³-hybridized carbons (Fsp3) is 0.548. The number of carbonyl (C=O) groups excluding carboxylic acids is 7. The molecule has 0 aliphatic carbocycles. The van der Waals surface area contributed by atoms with Gasteiger partial charge in [-0.1, -0.05) is 48.4 Å². The standard InChI is InChI=1S/C42H53ClFN7O9/c1-22-8-7-9-26(16-22)18-31(47-42(59)46-30-13-11-27(43)19-29(30)44)36(53)48-35-25(4)60-41(58)34-17-23(2)20-50(34)38(55)24(3)45-37(54)32-10-5-6-15-49(32)39(56)33-14-12-28(52)21-51(33)40(35)57/h7-9,11,13,16,19,23-25,28,31-35,52H,5-6,10,12,14-15,17-18,20-21H2,1-4H3,(H,45,54)(H,48,53)(H2,46,47,59)/t23-,24+,25+,28-,31+,32+,33+,34+,35+/m1/s1. The number of hydrogen-bond donors (Lipinski definition) is 5. The molecule has 0 spiro atoms. The lowest BCUT2D eigenvalue weighted by Crippen LogP contribution is -2.66. The fourth-order valence-electron chi connectivity index (χ4n) is 8.58. The third kappa shape index (κ3) is 10.2. The number of anilines is 1. The fourth-order valence-corrected chi connectivity index (χ4v) is 8.74. The van der Waals surface area contributed by atoms with E-state index >= 15 is 0 Å². The Balaban J connectivity index is 1.36. The lowest BCUT2D eigenvalue weighted by molar-refractivity contribution is -0.165. The number of halogens is 2. The molecule has 9 atom stereocenters. The minimum Gasteiger partial charge on any atom is -0.458 e. The second-order valence-electron chi connectivity index (χ2n) is 16.5. The summed E-state index contributed by atoms with van der Waals surface area (Å²) in [6.45, 7) is 6.74. The summed E-state index contributed by atoms with van der Waals surface area (Å²) in [5, 5.41) is 21.4. The first kappa shape index (κ1) is 44.3. The molecule has 0 bridgehead atoms. The summed E-state index contributed by atoms with van der Waals surface area (Å²) in [5.41, 5.74) is 1.29. The van der Waals surface area contributed by atoms with Crippen molar-refractivity contribution in [3.8, 4) is 0 Å². The Morgan fingerprint density at radius 3 is 2.40 bits per heavy atom. The van der Waals surface area contributed by atoms with Crippen LogP contribution in [0.3, 0.4) is 0 Å². The highest BCUT2D eigenvalue weighted by atomic mass is 35.5. The molecule has 2 aromatic rings. The highest BCUT2D eigenvalue weighted by Gasteiger charge is 2.47. The van der Waals surface area contributed by atoms with Crippen molar-refractivity contribution in [2.24, 2.45) is 5.92 Å². The molecule has 0 radical (unpaired) electrons. The van der Waals surface area contributed by atoms with Gasteiger partial charge in [0.2, 0.25) is 29.5 Å². The Kier molecular flexibility index (Phi) is 14.0. The van der Waals surface area contributed by atoms with Crippen LogP contribution in [0.4, 0.5) is 14.9 Å². The van der Waals surface area contributed by atoms with Gasteiger partial charge in [0.15, 0.2) is 0 Å². The van der Waals surface area contributed by atoms with Crippen LogP contribution in [0.5, 0.6) is 0 Å². The Hall–Kier alpha value is -5.29. The zero-order chi connectivity index (χ0) is 43.4. The predicted octanol–water partition coefficient (Wildman–Crippen LogP) is 2.43. The van der Waals surface area contributed by atoms with Crippen LogP contribution >= 0.6 is 11.6 Å². The lowest BCUT2D eigenvalue weighted by atomic mass is 9.94. The van der Waals surface area contributed by atoms with Crippen molar-refractivity contribution in [2.75, 3.05) is 25.0 Å². The van der Waals surface area contributed by atoms with E-state index in [1.807, 2.05) is 19.9 Å². The number of rotatable bonds is 6. The molecular weight excluding hydrogens is 801 g/mol. The van der Waals surface area contributed by atoms with Gasteiger partial charge >= 0.3 is 12.0 Å². The molecule has 2 aromatic carbocycles. The van der Waals surface area contributed by atoms with Gasteiger partial charge in [-0.15, -0.1) is 0 Å². The van der Waals surface area contributed by atoms with Crippen molar-refractivity contribution in [1.29, 1.82) is 0 Å². The van der Waals surface area contributed by atoms with Gasteiger partial charge in [0.05, 0.1) is 11.8 Å². The number of ether oxygens (including phenoxy) is 1. The number of aryl methyl sites for hydroxylation is 1. The minimum absolute atomic E-state index is 0.0359. The van der Waals surface area contributed by atoms with E-state index in [1.165, 1.54) is 35.8 Å². The van der Waals surface area contributed by atoms with Gasteiger partial charge in [-0.25, -0.2) is 14.0 Å². The molecule has 60 heavy (non-hydrogen) atoms. The summed E-state index contributed by atoms with van der Waals surface area (Å²) in [5.74, 6) is -5.10. The van der Waals surface area contributed by atoms with E-state index in [4.69, 9.17) is 16.3 Å². The Labute approximate surface area is 352 Å². The molecule has 16 nitrogen and oxygen atoms in total. The van der Waals surface area contributed by atoms with Gasteiger partial charge < -0.3 is 45.8 Å². The van der Waals surface area contributed by atoms with Crippen LogP contribution in [0.2, 0.25) is 5.02 Å². The second-order valence-corrected chi connectivity index (χ2v) is 16.9. The molecule has 4 saturated heterocycles. The van der Waals surface area contributed by atoms with Crippen LogP contribution in [-0.2, 0) is 39.9 Å². The average Bonchev–Trinajstić information content (AvgIpc) is 3.61. The molecule has 7 amide bonds. The van der Waals surface area contributed by atoms with E-state index in [0.717, 1.165) is 16.5 Å². The zero-order valence-electron chi connectivity index (χ0n) is 34.1. The molecule has 5 N–H and O–H groups in total. The number of aliphatic hydroxyl groups excluding tert-OH is 1. The molecule has 0 saturated carbocycles. The number of nitrogens with one attached hydrogen (secondary N) is 4. The van der Waals surface area contributed by atoms with E-state index in [2.05, 4.69) is 21.3 Å². The molecular formula is C42H53ClFN7O9. The summed E-state index contributed by atoms with van der Waals surface area (Å²) in [6.07, 6.45) is -0.526. The highest BCUT2D eigenvalue weighted by molar-refractivity contribution is 6.30. The van der Waals surface area contributed by atoms with Gasteiger partial charge in [-0.05, 0) is 89.0 Å². The van der Waals surface area contributed by atoms with Crippen LogP contribution in [0.25, 0.3) is 0 Å². The Bertz CT molecular complexity index is 2010. The van der Waals surface area contributed by atoms with Crippen LogP contribution in [0, 0.1) is 18.7 Å². The van der Waals surface area contributed by atoms with Crippen LogP contribution < -0.4 is 21.3 Å². The molecule has 6 rings (SSSR count). The smallest absolute Gasteiger partial charge is 0.329 e. The first-order chi connectivity index (χ1) is 28.5. The zero-order valence-corrected chi connectivity index (χ0v) is 34.9. The van der Waals surface area contributed by atoms with Gasteiger partial charge in [0.1, 0.15) is 48.2 Å². The maximum atomic E-state index is 14.9. The number of cyclic esters (lactones) is 1. The van der Waals surface area contributed by atoms with Gasteiger partial charge in [-0.3, -0.25) is 24.0 Å². The number of nitrogens with zero attached hydrogens (tertiary/aromatic N) is 3. The first-order valence-electron chi connectivity index (χ1n) is 20.5. The maximum absolute atomic E-state index is 14.9. The second kappa shape index (κ2) is 19.0. The minimum atomic E-state index is -1.67. The molecule has 0 aromatic heterocycles. The Morgan fingerprint density at radius 1 is 0.917 bits per heavy atom. The maximum Gasteiger partial charge on any atom is 0.329 e. The number of piperidine rings is 2. The number of carbonyl (C=O) groups is 7. The summed E-state index contributed by atoms with van der Waals surface area (Å²) in [4.78, 5) is 103. The van der Waals surface area contributed by atoms with E-state index in [0.29, 0.717) is 24.8 Å². The number of aliphatic hydroxyl groups is 1. The number of hydrogen-bond acceptors (Lipinski definition) is 9. The predicted molar refractivity (Wildman–Crippen MR) is 217 cm³/mol. The molecule has 4 aliphatic heterocycles. The number of amides is 7. The van der Waals surface area contributed by atoms with E-state index in [1.54, 1.807) is 18.2 Å². The van der Waals surface area contributed by atoms with Crippen molar-refractivity contribution in [3.05, 3.63) is 64.4 Å². The van der Waals surface area contributed by atoms with Gasteiger partial charge in [-0.2, -0.15) is 0 Å². The van der Waals surface area contributed by atoms with Crippen molar-refractivity contribution in [1.82, 2.24) is 30.7 Å². The third-order valence-electron chi connectivity index (χ3n) is 11.7. The molecule has 4 heterocycles. The SMILES string of the molecule is Cc1cccc(C[C@H](NC(=O)Nc2ccc(Cl)cc2F)C(=O)N[C@@H]2C(=O)N3C[C@H](O)CC[C@H]3C(=O)N3CCCC[C@H]3C(=O)N[C@@H](C)C(=O)N3C[C@H](C)C[C@H]3C(=O)O[C@H]2C)c1. The number of urea groups is 1. The molecule has 324 valence electrons. The van der Waals surface area contributed by atoms with Crippen molar-refractivity contribution < 1.29 is 47.8 Å². The highest BCUT2D eigenvalue weighted by Crippen LogP contribution is 2.29. The molecule has 18 heteroatoms. The normalized spacial score (nSPS) is 28.4. The van der Waals surface area contributed by atoms with Gasteiger partial charge in [0, 0.05) is 31.1 Å². The molecule has 0 unspecified atom stereocenters. The average molecular weight is 854 g/mol. The van der Waals surface area contributed by atoms with Crippen LogP contribution in [-0.4, -0.2) is 129 Å². The quantitative estimate of drug-likeness (QED) is 0.270. The van der Waals surface area contributed by atoms with E-state index in [9.17, 15) is 43.1 Å².